The van der Waals surface area contributed by atoms with Crippen molar-refractivity contribution >= 4 is 5.91 Å². The third kappa shape index (κ3) is 3.48. The van der Waals surface area contributed by atoms with Gasteiger partial charge in [0.15, 0.2) is 0 Å². The van der Waals surface area contributed by atoms with Crippen molar-refractivity contribution in [3.63, 3.8) is 0 Å². The zero-order valence-electron chi connectivity index (χ0n) is 16.6. The summed E-state index contributed by atoms with van der Waals surface area (Å²) < 4.78 is 2.14. The standard InChI is InChI=1S/C23H30N4O/c28-23(22-11-10-17-6-4-5-9-21(17)22)24-15-18-14-20-16-26(12-13-27(20)25-18)19-7-2-1-3-8-19/h4-6,9,14,19,22H,1-3,7-8,10-13,15-16H2,(H,24,28)/t22-/m0/s1. The van der Waals surface area contributed by atoms with Crippen LogP contribution in [0.2, 0.25) is 0 Å². The van der Waals surface area contributed by atoms with Crippen LogP contribution in [-0.4, -0.2) is 33.2 Å². The molecule has 1 aromatic carbocycles. The van der Waals surface area contributed by atoms with E-state index in [4.69, 9.17) is 5.10 Å². The third-order valence-electron chi connectivity index (χ3n) is 6.86. The first-order valence-electron chi connectivity index (χ1n) is 10.9. The van der Waals surface area contributed by atoms with Crippen LogP contribution in [0.3, 0.4) is 0 Å². The molecule has 0 bridgehead atoms. The SMILES string of the molecule is O=C(NCc1cc2n(n1)CCN(C1CCCCC1)C2)[C@H]1CCc2ccccc21. The van der Waals surface area contributed by atoms with Gasteiger partial charge in [0.2, 0.25) is 5.91 Å². The zero-order valence-corrected chi connectivity index (χ0v) is 16.6. The van der Waals surface area contributed by atoms with Gasteiger partial charge in [-0.1, -0.05) is 43.5 Å². The van der Waals surface area contributed by atoms with Crippen molar-refractivity contribution in [2.45, 2.75) is 76.5 Å². The summed E-state index contributed by atoms with van der Waals surface area (Å²) in [5.74, 6) is 0.134. The van der Waals surface area contributed by atoms with E-state index in [-0.39, 0.29) is 11.8 Å². The van der Waals surface area contributed by atoms with Crippen LogP contribution >= 0.6 is 0 Å². The van der Waals surface area contributed by atoms with E-state index in [0.29, 0.717) is 6.54 Å². The highest BCUT2D eigenvalue weighted by Gasteiger charge is 2.29. The molecule has 148 valence electrons. The molecule has 1 aromatic heterocycles. The van der Waals surface area contributed by atoms with Gasteiger partial charge in [0.1, 0.15) is 0 Å². The van der Waals surface area contributed by atoms with Crippen molar-refractivity contribution in [1.82, 2.24) is 20.0 Å². The Morgan fingerprint density at radius 3 is 2.86 bits per heavy atom. The van der Waals surface area contributed by atoms with E-state index in [0.717, 1.165) is 44.2 Å². The lowest BCUT2D eigenvalue weighted by Crippen LogP contribution is -2.42. The quantitative estimate of drug-likeness (QED) is 0.887. The van der Waals surface area contributed by atoms with Crippen molar-refractivity contribution in [2.75, 3.05) is 6.54 Å². The molecular formula is C23H30N4O. The number of fused-ring (bicyclic) bond motifs is 2. The molecule has 5 heteroatoms. The molecule has 1 amide bonds. The normalized spacial score (nSPS) is 22.6. The summed E-state index contributed by atoms with van der Waals surface area (Å²) in [7, 11) is 0. The number of hydrogen-bond acceptors (Lipinski definition) is 3. The maximum Gasteiger partial charge on any atom is 0.227 e. The Bertz CT molecular complexity index is 852. The molecule has 5 rings (SSSR count). The van der Waals surface area contributed by atoms with Crippen molar-refractivity contribution in [3.8, 4) is 0 Å². The maximum atomic E-state index is 12.7. The molecule has 0 saturated heterocycles. The number of rotatable bonds is 4. The topological polar surface area (TPSA) is 50.2 Å². The first-order valence-corrected chi connectivity index (χ1v) is 10.9. The number of benzene rings is 1. The van der Waals surface area contributed by atoms with Crippen LogP contribution in [0.15, 0.2) is 30.3 Å². The molecule has 0 unspecified atom stereocenters. The number of nitrogens with one attached hydrogen (secondary N) is 1. The molecule has 3 aliphatic rings. The van der Waals surface area contributed by atoms with Gasteiger partial charge in [-0.2, -0.15) is 5.10 Å². The second kappa shape index (κ2) is 7.70. The number of aromatic nitrogens is 2. The Hall–Kier alpha value is -2.14. The van der Waals surface area contributed by atoms with Crippen LogP contribution in [0.5, 0.6) is 0 Å². The lowest BCUT2D eigenvalue weighted by molar-refractivity contribution is -0.122. The van der Waals surface area contributed by atoms with E-state index < -0.39 is 0 Å². The van der Waals surface area contributed by atoms with E-state index in [2.05, 4.69) is 39.2 Å². The van der Waals surface area contributed by atoms with Crippen LogP contribution in [0.4, 0.5) is 0 Å². The van der Waals surface area contributed by atoms with Crippen LogP contribution in [0.1, 0.15) is 67.0 Å². The van der Waals surface area contributed by atoms with Gasteiger partial charge in [-0.3, -0.25) is 14.4 Å². The fraction of sp³-hybridized carbons (Fsp3) is 0.565. The minimum atomic E-state index is -0.00441. The summed E-state index contributed by atoms with van der Waals surface area (Å²) in [5, 5.41) is 7.89. The molecule has 5 nitrogen and oxygen atoms in total. The lowest BCUT2D eigenvalue weighted by atomic mass is 9.94. The smallest absolute Gasteiger partial charge is 0.227 e. The molecule has 2 heterocycles. The van der Waals surface area contributed by atoms with Crippen molar-refractivity contribution in [3.05, 3.63) is 52.8 Å². The molecule has 1 N–H and O–H groups in total. The monoisotopic (exact) mass is 378 g/mol. The fourth-order valence-electron chi connectivity index (χ4n) is 5.32. The molecular weight excluding hydrogens is 348 g/mol. The van der Waals surface area contributed by atoms with Crippen LogP contribution < -0.4 is 5.32 Å². The Morgan fingerprint density at radius 2 is 1.96 bits per heavy atom. The molecule has 2 aliphatic carbocycles. The number of carbonyl (C=O) groups is 1. The summed E-state index contributed by atoms with van der Waals surface area (Å²) >= 11 is 0. The van der Waals surface area contributed by atoms with Gasteiger partial charge in [-0.25, -0.2) is 0 Å². The van der Waals surface area contributed by atoms with E-state index in [9.17, 15) is 4.79 Å². The molecule has 1 atom stereocenters. The highest BCUT2D eigenvalue weighted by atomic mass is 16.1. The number of hydrogen-bond donors (Lipinski definition) is 1. The van der Waals surface area contributed by atoms with Crippen molar-refractivity contribution in [1.29, 1.82) is 0 Å². The van der Waals surface area contributed by atoms with E-state index in [1.807, 2.05) is 6.07 Å². The van der Waals surface area contributed by atoms with Crippen molar-refractivity contribution < 1.29 is 4.79 Å². The second-order valence-electron chi connectivity index (χ2n) is 8.62. The van der Waals surface area contributed by atoms with Gasteiger partial charge in [0.25, 0.3) is 0 Å². The van der Waals surface area contributed by atoms with Gasteiger partial charge >= 0.3 is 0 Å². The minimum absolute atomic E-state index is 0.00441. The number of aryl methyl sites for hydroxylation is 1. The van der Waals surface area contributed by atoms with Gasteiger partial charge in [0, 0.05) is 19.1 Å². The predicted molar refractivity (Wildman–Crippen MR) is 109 cm³/mol. The van der Waals surface area contributed by atoms with Gasteiger partial charge in [-0.15, -0.1) is 0 Å². The molecule has 0 radical (unpaired) electrons. The predicted octanol–water partition coefficient (Wildman–Crippen LogP) is 3.38. The third-order valence-corrected chi connectivity index (χ3v) is 6.86. The van der Waals surface area contributed by atoms with Crippen LogP contribution in [0.25, 0.3) is 0 Å². The molecule has 1 fully saturated rings. The Morgan fingerprint density at radius 1 is 1.11 bits per heavy atom. The molecule has 0 spiro atoms. The second-order valence-corrected chi connectivity index (χ2v) is 8.62. The fourth-order valence-corrected chi connectivity index (χ4v) is 5.32. The first kappa shape index (κ1) is 17.9. The summed E-state index contributed by atoms with van der Waals surface area (Å²) in [4.78, 5) is 15.4. The van der Waals surface area contributed by atoms with Crippen molar-refractivity contribution in [2.24, 2.45) is 0 Å². The zero-order chi connectivity index (χ0) is 18.9. The summed E-state index contributed by atoms with van der Waals surface area (Å²) in [6.07, 6.45) is 8.77. The van der Waals surface area contributed by atoms with E-state index in [1.54, 1.807) is 0 Å². The number of carbonyl (C=O) groups excluding carboxylic acids is 1. The van der Waals surface area contributed by atoms with Gasteiger partial charge in [0.05, 0.1) is 30.4 Å². The Kier molecular flexibility index (Phi) is 4.93. The largest absolute Gasteiger partial charge is 0.350 e. The summed E-state index contributed by atoms with van der Waals surface area (Å²) in [6, 6.07) is 11.3. The molecule has 1 saturated carbocycles. The molecule has 1 aliphatic heterocycles. The number of amides is 1. The Labute approximate surface area is 167 Å². The highest BCUT2D eigenvalue weighted by Crippen LogP contribution is 2.33. The van der Waals surface area contributed by atoms with Crippen LogP contribution in [-0.2, 0) is 30.8 Å². The minimum Gasteiger partial charge on any atom is -0.350 e. The van der Waals surface area contributed by atoms with E-state index in [1.165, 1.54) is 48.9 Å². The van der Waals surface area contributed by atoms with Gasteiger partial charge in [-0.05, 0) is 42.9 Å². The lowest BCUT2D eigenvalue weighted by Gasteiger charge is -2.36. The average molecular weight is 379 g/mol. The highest BCUT2D eigenvalue weighted by molar-refractivity contribution is 5.84. The molecule has 2 aromatic rings. The maximum absolute atomic E-state index is 12.7. The van der Waals surface area contributed by atoms with E-state index >= 15 is 0 Å². The summed E-state index contributed by atoms with van der Waals surface area (Å²) in [5.41, 5.74) is 4.81. The first-order chi connectivity index (χ1) is 13.8. The van der Waals surface area contributed by atoms with Gasteiger partial charge < -0.3 is 5.32 Å². The Balaban J connectivity index is 1.20. The van der Waals surface area contributed by atoms with Crippen LogP contribution in [0, 0.1) is 0 Å². The molecule has 28 heavy (non-hydrogen) atoms. The average Bonchev–Trinajstić information content (AvgIpc) is 3.36. The number of nitrogens with zero attached hydrogens (tertiary/aromatic N) is 3. The summed E-state index contributed by atoms with van der Waals surface area (Å²) in [6.45, 7) is 3.60.